The Hall–Kier alpha value is -3.04. The molecule has 2 aromatic carbocycles. The Bertz CT molecular complexity index is 885. The first-order chi connectivity index (χ1) is 12.6. The molecular weight excluding hydrogens is 396 g/mol. The Morgan fingerprint density at radius 1 is 1.31 bits per heavy atom. The van der Waals surface area contributed by atoms with E-state index >= 15 is 0 Å². The number of nitrogens with one attached hydrogen (secondary N) is 1. The fraction of sp³-hybridized carbons (Fsp3) is 0.100. The topological polar surface area (TPSA) is 71.3 Å². The molecule has 1 N–H and O–H groups in total. The summed E-state index contributed by atoms with van der Waals surface area (Å²) in [5.41, 5.74) is 1.22. The molecule has 26 heavy (non-hydrogen) atoms. The molecule has 0 aliphatic carbocycles. The van der Waals surface area contributed by atoms with E-state index in [1.807, 2.05) is 12.1 Å². The molecule has 0 unspecified atom stereocenters. The zero-order valence-corrected chi connectivity index (χ0v) is 15.7. The Morgan fingerprint density at radius 2 is 2.12 bits per heavy atom. The van der Waals surface area contributed by atoms with Crippen LogP contribution in [-0.4, -0.2) is 19.6 Å². The quantitative estimate of drug-likeness (QED) is 0.410. The maximum absolute atomic E-state index is 12.3. The van der Waals surface area contributed by atoms with E-state index in [4.69, 9.17) is 9.47 Å². The molecule has 0 bridgehead atoms. The predicted molar refractivity (Wildman–Crippen MR) is 105 cm³/mol. The fourth-order valence-electron chi connectivity index (χ4n) is 2.12. The van der Waals surface area contributed by atoms with Crippen LogP contribution in [0.15, 0.2) is 65.2 Å². The molecule has 0 aromatic heterocycles. The van der Waals surface area contributed by atoms with Crippen molar-refractivity contribution in [3.8, 4) is 17.6 Å². The van der Waals surface area contributed by atoms with Gasteiger partial charge in [0, 0.05) is 10.2 Å². The monoisotopic (exact) mass is 412 g/mol. The third-order valence-corrected chi connectivity index (χ3v) is 3.80. The lowest BCUT2D eigenvalue weighted by Gasteiger charge is -2.10. The van der Waals surface area contributed by atoms with Crippen LogP contribution < -0.4 is 14.8 Å². The Kier molecular flexibility index (Phi) is 7.01. The van der Waals surface area contributed by atoms with Crippen molar-refractivity contribution in [3.63, 3.8) is 0 Å². The number of halogens is 1. The van der Waals surface area contributed by atoms with Gasteiger partial charge in [-0.2, -0.15) is 5.26 Å². The van der Waals surface area contributed by atoms with Gasteiger partial charge in [0.25, 0.3) is 5.91 Å². The molecule has 0 saturated carbocycles. The van der Waals surface area contributed by atoms with Crippen LogP contribution >= 0.6 is 15.9 Å². The van der Waals surface area contributed by atoms with Gasteiger partial charge in [-0.05, 0) is 42.0 Å². The first-order valence-electron chi connectivity index (χ1n) is 7.68. The van der Waals surface area contributed by atoms with Gasteiger partial charge in [-0.25, -0.2) is 0 Å². The molecule has 2 rings (SSSR count). The minimum atomic E-state index is -0.489. The second-order valence-corrected chi connectivity index (χ2v) is 6.06. The molecule has 0 radical (unpaired) electrons. The van der Waals surface area contributed by atoms with Crippen LogP contribution in [-0.2, 0) is 4.79 Å². The first-order valence-corrected chi connectivity index (χ1v) is 8.47. The van der Waals surface area contributed by atoms with Crippen LogP contribution in [0.2, 0.25) is 0 Å². The lowest BCUT2D eigenvalue weighted by atomic mass is 10.1. The van der Waals surface area contributed by atoms with Gasteiger partial charge in [-0.15, -0.1) is 0 Å². The van der Waals surface area contributed by atoms with Crippen LogP contribution in [0, 0.1) is 11.3 Å². The summed E-state index contributed by atoms with van der Waals surface area (Å²) in [6.45, 7) is 3.95. The molecule has 0 aliphatic heterocycles. The third kappa shape index (κ3) is 5.23. The van der Waals surface area contributed by atoms with Crippen molar-refractivity contribution in [3.05, 3.63) is 70.7 Å². The number of carbonyl (C=O) groups is 1. The molecule has 132 valence electrons. The highest BCUT2D eigenvalue weighted by molar-refractivity contribution is 9.10. The summed E-state index contributed by atoms with van der Waals surface area (Å²) in [7, 11) is 1.52. The Morgan fingerprint density at radius 3 is 2.77 bits per heavy atom. The third-order valence-electron chi connectivity index (χ3n) is 3.30. The van der Waals surface area contributed by atoms with Gasteiger partial charge in [0.15, 0.2) is 11.5 Å². The van der Waals surface area contributed by atoms with E-state index in [0.29, 0.717) is 29.4 Å². The van der Waals surface area contributed by atoms with E-state index in [2.05, 4.69) is 27.8 Å². The number of nitrogens with zero attached hydrogens (tertiary/aromatic N) is 1. The summed E-state index contributed by atoms with van der Waals surface area (Å²) in [6.07, 6.45) is 3.13. The highest BCUT2D eigenvalue weighted by Crippen LogP contribution is 2.29. The highest BCUT2D eigenvalue weighted by Gasteiger charge is 2.11. The number of ether oxygens (including phenoxy) is 2. The van der Waals surface area contributed by atoms with E-state index < -0.39 is 5.91 Å². The van der Waals surface area contributed by atoms with E-state index in [1.54, 1.807) is 42.5 Å². The summed E-state index contributed by atoms with van der Waals surface area (Å²) in [5.74, 6) is 0.573. The minimum Gasteiger partial charge on any atom is -0.493 e. The van der Waals surface area contributed by atoms with E-state index in [1.165, 1.54) is 13.2 Å². The molecule has 0 spiro atoms. The normalized spacial score (nSPS) is 10.6. The number of anilines is 1. The molecule has 0 atom stereocenters. The molecule has 2 aromatic rings. The number of rotatable bonds is 7. The van der Waals surface area contributed by atoms with Gasteiger partial charge in [-0.3, -0.25) is 4.79 Å². The number of nitriles is 1. The smallest absolute Gasteiger partial charge is 0.266 e. The SMILES string of the molecule is C=CCOc1ccc(/C=C(/C#N)C(=O)Nc2cccc(Br)c2)cc1OC. The van der Waals surface area contributed by atoms with Crippen molar-refractivity contribution in [2.75, 3.05) is 19.0 Å². The number of amides is 1. The van der Waals surface area contributed by atoms with Gasteiger partial charge in [0.1, 0.15) is 18.2 Å². The Labute approximate surface area is 160 Å². The van der Waals surface area contributed by atoms with Crippen molar-refractivity contribution < 1.29 is 14.3 Å². The number of benzene rings is 2. The second-order valence-electron chi connectivity index (χ2n) is 5.14. The van der Waals surface area contributed by atoms with Crippen LogP contribution in [0.4, 0.5) is 5.69 Å². The lowest BCUT2D eigenvalue weighted by Crippen LogP contribution is -2.13. The standard InChI is InChI=1S/C20H17BrN2O3/c1-3-9-26-18-8-7-14(11-19(18)25-2)10-15(13-22)20(24)23-17-6-4-5-16(21)12-17/h3-8,10-12H,1,9H2,2H3,(H,23,24)/b15-10-. The maximum Gasteiger partial charge on any atom is 0.266 e. The van der Waals surface area contributed by atoms with Gasteiger partial charge in [0.05, 0.1) is 7.11 Å². The van der Waals surface area contributed by atoms with Gasteiger partial charge in [-0.1, -0.05) is 40.7 Å². The summed E-state index contributed by atoms with van der Waals surface area (Å²) in [6, 6.07) is 14.2. The number of carbonyl (C=O) groups excluding carboxylic acids is 1. The van der Waals surface area contributed by atoms with E-state index in [0.717, 1.165) is 4.47 Å². The van der Waals surface area contributed by atoms with Crippen LogP contribution in [0.3, 0.4) is 0 Å². The van der Waals surface area contributed by atoms with Crippen LogP contribution in [0.25, 0.3) is 6.08 Å². The van der Waals surface area contributed by atoms with Gasteiger partial charge in [0.2, 0.25) is 0 Å². The molecule has 1 amide bonds. The zero-order valence-electron chi connectivity index (χ0n) is 14.2. The van der Waals surface area contributed by atoms with Crippen LogP contribution in [0.1, 0.15) is 5.56 Å². The average Bonchev–Trinajstić information content (AvgIpc) is 2.64. The van der Waals surface area contributed by atoms with Crippen LogP contribution in [0.5, 0.6) is 11.5 Å². The van der Waals surface area contributed by atoms with Crippen molar-refractivity contribution in [1.29, 1.82) is 5.26 Å². The molecular formula is C20H17BrN2O3. The maximum atomic E-state index is 12.3. The van der Waals surface area contributed by atoms with Gasteiger partial charge < -0.3 is 14.8 Å². The minimum absolute atomic E-state index is 0.0215. The Balaban J connectivity index is 2.23. The number of hydrogen-bond donors (Lipinski definition) is 1. The molecule has 0 heterocycles. The highest BCUT2D eigenvalue weighted by atomic mass is 79.9. The summed E-state index contributed by atoms with van der Waals surface area (Å²) < 4.78 is 11.6. The van der Waals surface area contributed by atoms with Crippen molar-refractivity contribution >= 4 is 33.6 Å². The molecule has 0 aliphatic rings. The number of methoxy groups -OCH3 is 1. The summed E-state index contributed by atoms with van der Waals surface area (Å²) in [5, 5.41) is 12.0. The lowest BCUT2D eigenvalue weighted by molar-refractivity contribution is -0.112. The summed E-state index contributed by atoms with van der Waals surface area (Å²) in [4.78, 5) is 12.3. The molecule has 0 fully saturated rings. The molecule has 6 heteroatoms. The fourth-order valence-corrected chi connectivity index (χ4v) is 2.52. The second kappa shape index (κ2) is 9.44. The van der Waals surface area contributed by atoms with Crippen molar-refractivity contribution in [2.45, 2.75) is 0 Å². The molecule has 0 saturated heterocycles. The summed E-state index contributed by atoms with van der Waals surface area (Å²) >= 11 is 3.34. The average molecular weight is 413 g/mol. The largest absolute Gasteiger partial charge is 0.493 e. The zero-order chi connectivity index (χ0) is 18.9. The predicted octanol–water partition coefficient (Wildman–Crippen LogP) is 4.57. The van der Waals surface area contributed by atoms with Crippen molar-refractivity contribution in [1.82, 2.24) is 0 Å². The molecule has 5 nitrogen and oxygen atoms in total. The van der Waals surface area contributed by atoms with Gasteiger partial charge >= 0.3 is 0 Å². The first kappa shape index (κ1) is 19.3. The number of hydrogen-bond acceptors (Lipinski definition) is 4. The van der Waals surface area contributed by atoms with E-state index in [-0.39, 0.29) is 5.57 Å². The van der Waals surface area contributed by atoms with Crippen molar-refractivity contribution in [2.24, 2.45) is 0 Å². The van der Waals surface area contributed by atoms with E-state index in [9.17, 15) is 10.1 Å².